The van der Waals surface area contributed by atoms with Crippen LogP contribution in [-0.4, -0.2) is 40.3 Å². The highest BCUT2D eigenvalue weighted by atomic mass is 79.9. The molecule has 1 saturated heterocycles. The summed E-state index contributed by atoms with van der Waals surface area (Å²) in [6.07, 6.45) is 0.0391. The highest BCUT2D eigenvalue weighted by Gasteiger charge is 2.44. The van der Waals surface area contributed by atoms with E-state index in [2.05, 4.69) is 15.9 Å². The quantitative estimate of drug-likeness (QED) is 0.864. The summed E-state index contributed by atoms with van der Waals surface area (Å²) >= 11 is 3.37. The summed E-state index contributed by atoms with van der Waals surface area (Å²) in [6, 6.07) is 6.65. The maximum Gasteiger partial charge on any atom is 0.411 e. The lowest BCUT2D eigenvalue weighted by Gasteiger charge is -2.28. The number of ether oxygens (including phenoxy) is 1. The molecule has 1 N–H and O–H groups in total. The van der Waals surface area contributed by atoms with E-state index in [1.54, 1.807) is 20.8 Å². The second kappa shape index (κ2) is 6.28. The summed E-state index contributed by atoms with van der Waals surface area (Å²) in [5.74, 6) is -1.23. The Morgan fingerprint density at radius 3 is 2.36 bits per heavy atom. The molecule has 0 spiro atoms. The maximum absolute atomic E-state index is 12.2. The first-order valence-corrected chi connectivity index (χ1v) is 7.96. The van der Waals surface area contributed by atoms with Crippen LogP contribution in [0.4, 0.5) is 4.79 Å². The molecule has 1 aromatic rings. The zero-order valence-corrected chi connectivity index (χ0v) is 14.5. The number of halogens is 1. The molecular weight excluding hydrogens is 350 g/mol. The molecule has 5 nitrogen and oxygen atoms in total. The van der Waals surface area contributed by atoms with Gasteiger partial charge >= 0.3 is 12.1 Å². The van der Waals surface area contributed by atoms with Gasteiger partial charge < -0.3 is 9.84 Å². The molecule has 22 heavy (non-hydrogen) atoms. The Morgan fingerprint density at radius 1 is 1.27 bits per heavy atom. The Kier molecular flexibility index (Phi) is 4.80. The van der Waals surface area contributed by atoms with E-state index in [-0.39, 0.29) is 5.92 Å². The highest BCUT2D eigenvalue weighted by molar-refractivity contribution is 9.10. The fourth-order valence-corrected chi connectivity index (χ4v) is 2.95. The molecule has 0 aromatic heterocycles. The van der Waals surface area contributed by atoms with Crippen LogP contribution in [0, 0.1) is 0 Å². The molecule has 1 aliphatic heterocycles. The molecule has 2 unspecified atom stereocenters. The molecule has 6 heteroatoms. The van der Waals surface area contributed by atoms with Crippen LogP contribution in [0.3, 0.4) is 0 Å². The number of rotatable bonds is 2. The summed E-state index contributed by atoms with van der Waals surface area (Å²) in [4.78, 5) is 25.2. The van der Waals surface area contributed by atoms with Gasteiger partial charge in [-0.2, -0.15) is 0 Å². The van der Waals surface area contributed by atoms with Gasteiger partial charge in [0, 0.05) is 16.9 Å². The number of nitrogens with zero attached hydrogens (tertiary/aromatic N) is 1. The Morgan fingerprint density at radius 2 is 1.86 bits per heavy atom. The normalized spacial score (nSPS) is 21.7. The van der Waals surface area contributed by atoms with Gasteiger partial charge in [0.2, 0.25) is 0 Å². The average molecular weight is 370 g/mol. The molecule has 0 bridgehead atoms. The van der Waals surface area contributed by atoms with Crippen LogP contribution in [-0.2, 0) is 9.53 Å². The van der Waals surface area contributed by atoms with Gasteiger partial charge in [0.25, 0.3) is 0 Å². The van der Waals surface area contributed by atoms with Gasteiger partial charge in [0.15, 0.2) is 0 Å². The zero-order chi connectivity index (χ0) is 16.5. The number of carboxylic acid groups (broad SMARTS) is 1. The SMILES string of the molecule is CC(C)(C)OC(=O)N1CCC(c2ccc(Br)cc2)C1C(=O)O. The lowest BCUT2D eigenvalue weighted by molar-refractivity contribution is -0.142. The maximum atomic E-state index is 12.2. The smallest absolute Gasteiger partial charge is 0.411 e. The number of aliphatic carboxylic acids is 1. The number of likely N-dealkylation sites (tertiary alicyclic amines) is 1. The number of benzene rings is 1. The van der Waals surface area contributed by atoms with E-state index in [1.165, 1.54) is 4.90 Å². The van der Waals surface area contributed by atoms with Crippen LogP contribution >= 0.6 is 15.9 Å². The Hall–Kier alpha value is -1.56. The van der Waals surface area contributed by atoms with Gasteiger partial charge in [0.1, 0.15) is 11.6 Å². The molecule has 0 radical (unpaired) electrons. The van der Waals surface area contributed by atoms with E-state index >= 15 is 0 Å². The fraction of sp³-hybridized carbons (Fsp3) is 0.500. The van der Waals surface area contributed by atoms with E-state index in [4.69, 9.17) is 4.74 Å². The first-order valence-electron chi connectivity index (χ1n) is 7.17. The minimum atomic E-state index is -1.00. The largest absolute Gasteiger partial charge is 0.480 e. The van der Waals surface area contributed by atoms with Crippen molar-refractivity contribution < 1.29 is 19.4 Å². The molecule has 1 aliphatic rings. The Balaban J connectivity index is 2.23. The molecule has 0 aliphatic carbocycles. The van der Waals surface area contributed by atoms with Gasteiger partial charge in [-0.05, 0) is 44.9 Å². The van der Waals surface area contributed by atoms with E-state index in [0.717, 1.165) is 10.0 Å². The van der Waals surface area contributed by atoms with Crippen LogP contribution in [0.2, 0.25) is 0 Å². The molecule has 2 rings (SSSR count). The van der Waals surface area contributed by atoms with Gasteiger partial charge in [0.05, 0.1) is 0 Å². The van der Waals surface area contributed by atoms with Crippen molar-refractivity contribution in [3.05, 3.63) is 34.3 Å². The zero-order valence-electron chi connectivity index (χ0n) is 12.9. The van der Waals surface area contributed by atoms with Gasteiger partial charge in [-0.15, -0.1) is 0 Å². The van der Waals surface area contributed by atoms with E-state index in [1.807, 2.05) is 24.3 Å². The molecule has 1 heterocycles. The van der Waals surface area contributed by atoms with Crippen molar-refractivity contribution in [2.75, 3.05) is 6.54 Å². The number of hydrogen-bond donors (Lipinski definition) is 1. The third-order valence-electron chi connectivity index (χ3n) is 3.58. The van der Waals surface area contributed by atoms with E-state index < -0.39 is 23.7 Å². The first-order chi connectivity index (χ1) is 10.2. The summed E-state index contributed by atoms with van der Waals surface area (Å²) in [7, 11) is 0. The van der Waals surface area contributed by atoms with Crippen LogP contribution in [0.15, 0.2) is 28.7 Å². The van der Waals surface area contributed by atoms with E-state index in [9.17, 15) is 14.7 Å². The third kappa shape index (κ3) is 3.80. The summed E-state index contributed by atoms with van der Waals surface area (Å²) in [5, 5.41) is 9.56. The van der Waals surface area contributed by atoms with Crippen molar-refractivity contribution in [1.29, 1.82) is 0 Å². The third-order valence-corrected chi connectivity index (χ3v) is 4.11. The number of carbonyl (C=O) groups excluding carboxylic acids is 1. The molecule has 1 aromatic carbocycles. The van der Waals surface area contributed by atoms with Crippen molar-refractivity contribution in [3.8, 4) is 0 Å². The average Bonchev–Trinajstić information content (AvgIpc) is 2.82. The second-order valence-electron chi connectivity index (χ2n) is 6.40. The fourth-order valence-electron chi connectivity index (χ4n) is 2.68. The number of amides is 1. The van der Waals surface area contributed by atoms with Crippen LogP contribution in [0.5, 0.6) is 0 Å². The van der Waals surface area contributed by atoms with E-state index in [0.29, 0.717) is 13.0 Å². The van der Waals surface area contributed by atoms with Crippen LogP contribution < -0.4 is 0 Å². The van der Waals surface area contributed by atoms with Crippen molar-refractivity contribution in [2.45, 2.75) is 44.8 Å². The number of hydrogen-bond acceptors (Lipinski definition) is 3. The van der Waals surface area contributed by atoms with Gasteiger partial charge in [-0.25, -0.2) is 9.59 Å². The molecule has 120 valence electrons. The predicted molar refractivity (Wildman–Crippen MR) is 85.9 cm³/mol. The van der Waals surface area contributed by atoms with Crippen molar-refractivity contribution in [3.63, 3.8) is 0 Å². The number of carbonyl (C=O) groups is 2. The molecule has 1 amide bonds. The minimum absolute atomic E-state index is 0.224. The van der Waals surface area contributed by atoms with Gasteiger partial charge in [-0.3, -0.25) is 4.90 Å². The monoisotopic (exact) mass is 369 g/mol. The molecular formula is C16H20BrNO4. The Labute approximate surface area is 138 Å². The van der Waals surface area contributed by atoms with Gasteiger partial charge in [-0.1, -0.05) is 28.1 Å². The topological polar surface area (TPSA) is 66.8 Å². The van der Waals surface area contributed by atoms with Crippen molar-refractivity contribution >= 4 is 28.0 Å². The molecule has 1 fully saturated rings. The lowest BCUT2D eigenvalue weighted by atomic mass is 9.92. The Bertz CT molecular complexity index is 565. The second-order valence-corrected chi connectivity index (χ2v) is 7.32. The van der Waals surface area contributed by atoms with Crippen LogP contribution in [0.1, 0.15) is 38.7 Å². The summed E-state index contributed by atoms with van der Waals surface area (Å²) < 4.78 is 6.26. The van der Waals surface area contributed by atoms with Crippen molar-refractivity contribution in [2.24, 2.45) is 0 Å². The molecule has 0 saturated carbocycles. The highest BCUT2D eigenvalue weighted by Crippen LogP contribution is 2.35. The standard InChI is InChI=1S/C16H20BrNO4/c1-16(2,3)22-15(21)18-9-8-12(13(18)14(19)20)10-4-6-11(17)7-5-10/h4-7,12-13H,8-9H2,1-3H3,(H,19,20). The predicted octanol–water partition coefficient (Wildman–Crippen LogP) is 3.63. The number of carboxylic acids is 1. The first kappa shape index (κ1) is 16.8. The molecule has 2 atom stereocenters. The van der Waals surface area contributed by atoms with Crippen LogP contribution in [0.25, 0.3) is 0 Å². The lowest BCUT2D eigenvalue weighted by Crippen LogP contribution is -2.45. The van der Waals surface area contributed by atoms with Crippen molar-refractivity contribution in [1.82, 2.24) is 4.90 Å². The minimum Gasteiger partial charge on any atom is -0.480 e. The summed E-state index contributed by atoms with van der Waals surface area (Å²) in [6.45, 7) is 5.68. The summed E-state index contributed by atoms with van der Waals surface area (Å²) in [5.41, 5.74) is 0.275.